The van der Waals surface area contributed by atoms with Gasteiger partial charge < -0.3 is 9.64 Å². The van der Waals surface area contributed by atoms with Crippen molar-refractivity contribution < 1.29 is 9.13 Å². The molecular formula is C17H23ClFN3O. The average Bonchev–Trinajstić information content (AvgIpc) is 3.08. The smallest absolute Gasteiger partial charge is 0.134 e. The van der Waals surface area contributed by atoms with E-state index in [4.69, 9.17) is 16.3 Å². The summed E-state index contributed by atoms with van der Waals surface area (Å²) in [6.07, 6.45) is 2.09. The van der Waals surface area contributed by atoms with Gasteiger partial charge in [0.05, 0.1) is 0 Å². The monoisotopic (exact) mass is 339 g/mol. The van der Waals surface area contributed by atoms with Crippen LogP contribution in [0.25, 0.3) is 0 Å². The maximum Gasteiger partial charge on any atom is 0.134 e. The van der Waals surface area contributed by atoms with E-state index >= 15 is 0 Å². The molecule has 1 aromatic rings. The molecule has 126 valence electrons. The number of nitrogens with zero attached hydrogens (tertiary/aromatic N) is 3. The Bertz CT molecular complexity index is 579. The van der Waals surface area contributed by atoms with Crippen molar-refractivity contribution in [3.63, 3.8) is 0 Å². The number of hydrogen-bond acceptors (Lipinski definition) is 4. The number of aromatic nitrogens is 1. The second-order valence-electron chi connectivity index (χ2n) is 7.01. The molecule has 0 bridgehead atoms. The molecule has 1 spiro atoms. The quantitative estimate of drug-likeness (QED) is 0.792. The Morgan fingerprint density at radius 1 is 1.30 bits per heavy atom. The van der Waals surface area contributed by atoms with Crippen molar-refractivity contribution in [3.05, 3.63) is 22.8 Å². The number of hydrogen-bond donors (Lipinski definition) is 0. The number of alkyl halides is 1. The second-order valence-corrected chi connectivity index (χ2v) is 7.39. The van der Waals surface area contributed by atoms with Gasteiger partial charge in [-0.2, -0.15) is 0 Å². The van der Waals surface area contributed by atoms with E-state index in [1.54, 1.807) is 0 Å². The average molecular weight is 340 g/mol. The maximum absolute atomic E-state index is 13.4. The van der Waals surface area contributed by atoms with E-state index in [1.807, 2.05) is 6.07 Å². The molecule has 2 fully saturated rings. The van der Waals surface area contributed by atoms with Gasteiger partial charge in [0.15, 0.2) is 0 Å². The summed E-state index contributed by atoms with van der Waals surface area (Å²) in [5.74, 6) is 1.02. The first-order chi connectivity index (χ1) is 11.2. The minimum absolute atomic E-state index is 0.152. The summed E-state index contributed by atoms with van der Waals surface area (Å²) in [4.78, 5) is 9.16. The van der Waals surface area contributed by atoms with E-state index in [-0.39, 0.29) is 5.41 Å². The molecule has 4 heterocycles. The minimum atomic E-state index is -0.657. The summed E-state index contributed by atoms with van der Waals surface area (Å²) in [5.41, 5.74) is 1.47. The van der Waals surface area contributed by atoms with E-state index in [1.165, 1.54) is 5.56 Å². The Kier molecular flexibility index (Phi) is 4.20. The van der Waals surface area contributed by atoms with Gasteiger partial charge in [-0.3, -0.25) is 4.90 Å². The first-order valence-electron chi connectivity index (χ1n) is 8.52. The molecule has 6 heteroatoms. The Labute approximate surface area is 141 Å². The first-order valence-corrected chi connectivity index (χ1v) is 8.90. The molecule has 2 saturated heterocycles. The van der Waals surface area contributed by atoms with Gasteiger partial charge in [0.1, 0.15) is 17.1 Å². The fourth-order valence-corrected chi connectivity index (χ4v) is 4.37. The third kappa shape index (κ3) is 2.94. The Morgan fingerprint density at radius 2 is 2.13 bits per heavy atom. The third-order valence-electron chi connectivity index (χ3n) is 5.56. The zero-order chi connectivity index (χ0) is 15.9. The highest BCUT2D eigenvalue weighted by molar-refractivity contribution is 6.29. The van der Waals surface area contributed by atoms with Gasteiger partial charge in [-0.05, 0) is 25.3 Å². The van der Waals surface area contributed by atoms with Crippen molar-refractivity contribution in [2.45, 2.75) is 30.8 Å². The molecule has 3 aliphatic rings. The van der Waals surface area contributed by atoms with Crippen molar-refractivity contribution in [1.82, 2.24) is 9.88 Å². The Morgan fingerprint density at radius 3 is 2.87 bits per heavy atom. The molecule has 0 N–H and O–H groups in total. The number of ether oxygens (including phenoxy) is 1. The van der Waals surface area contributed by atoms with Crippen LogP contribution in [-0.2, 0) is 10.2 Å². The molecule has 23 heavy (non-hydrogen) atoms. The summed E-state index contributed by atoms with van der Waals surface area (Å²) < 4.78 is 18.9. The van der Waals surface area contributed by atoms with Crippen molar-refractivity contribution in [1.29, 1.82) is 0 Å². The second kappa shape index (κ2) is 6.19. The fraction of sp³-hybridized carbons (Fsp3) is 0.706. The van der Waals surface area contributed by atoms with E-state index in [9.17, 15) is 4.39 Å². The summed E-state index contributed by atoms with van der Waals surface area (Å²) >= 11 is 6.14. The highest BCUT2D eigenvalue weighted by atomic mass is 35.5. The van der Waals surface area contributed by atoms with Gasteiger partial charge in [-0.25, -0.2) is 9.37 Å². The molecule has 4 nitrogen and oxygen atoms in total. The molecule has 3 aliphatic heterocycles. The summed E-state index contributed by atoms with van der Waals surface area (Å²) in [6.45, 7) is 5.81. The molecule has 0 unspecified atom stereocenters. The highest BCUT2D eigenvalue weighted by Crippen LogP contribution is 2.46. The molecule has 0 aliphatic carbocycles. The van der Waals surface area contributed by atoms with Crippen molar-refractivity contribution in [2.75, 3.05) is 50.8 Å². The lowest BCUT2D eigenvalue weighted by Crippen LogP contribution is -2.41. The summed E-state index contributed by atoms with van der Waals surface area (Å²) in [7, 11) is 0. The van der Waals surface area contributed by atoms with Gasteiger partial charge >= 0.3 is 0 Å². The number of anilines is 1. The SMILES string of the molecule is F[C@H]1CCN(CCN2CC3(CCOCC3)c3ccc(Cl)nc32)C1. The van der Waals surface area contributed by atoms with E-state index in [0.29, 0.717) is 18.1 Å². The largest absolute Gasteiger partial charge is 0.381 e. The van der Waals surface area contributed by atoms with Gasteiger partial charge in [0.2, 0.25) is 0 Å². The number of pyridine rings is 1. The van der Waals surface area contributed by atoms with Crippen LogP contribution in [0.15, 0.2) is 12.1 Å². The number of halogens is 2. The zero-order valence-corrected chi connectivity index (χ0v) is 14.1. The lowest BCUT2D eigenvalue weighted by Gasteiger charge is -2.34. The highest BCUT2D eigenvalue weighted by Gasteiger charge is 2.44. The van der Waals surface area contributed by atoms with Crippen LogP contribution in [0.5, 0.6) is 0 Å². The van der Waals surface area contributed by atoms with Crippen molar-refractivity contribution >= 4 is 17.4 Å². The molecule has 0 saturated carbocycles. The number of likely N-dealkylation sites (tertiary alicyclic amines) is 1. The van der Waals surface area contributed by atoms with Crippen LogP contribution in [0.4, 0.5) is 10.2 Å². The maximum atomic E-state index is 13.4. The topological polar surface area (TPSA) is 28.6 Å². The summed E-state index contributed by atoms with van der Waals surface area (Å²) in [5, 5.41) is 0.544. The predicted molar refractivity (Wildman–Crippen MR) is 89.1 cm³/mol. The van der Waals surface area contributed by atoms with Crippen molar-refractivity contribution in [2.24, 2.45) is 0 Å². The normalized spacial score (nSPS) is 26.9. The molecule has 1 aromatic heterocycles. The molecule has 0 amide bonds. The summed E-state index contributed by atoms with van der Waals surface area (Å²) in [6, 6.07) is 4.04. The molecule has 0 radical (unpaired) electrons. The van der Waals surface area contributed by atoms with Crippen LogP contribution in [-0.4, -0.2) is 62.0 Å². The molecule has 1 atom stereocenters. The molecule has 4 rings (SSSR count). The zero-order valence-electron chi connectivity index (χ0n) is 13.3. The molecule has 0 aromatic carbocycles. The Hall–Kier alpha value is -0.910. The first kappa shape index (κ1) is 15.6. The minimum Gasteiger partial charge on any atom is -0.381 e. The lowest BCUT2D eigenvalue weighted by molar-refractivity contribution is 0.0552. The molecular weight excluding hydrogens is 317 g/mol. The van der Waals surface area contributed by atoms with Crippen LogP contribution in [0.3, 0.4) is 0 Å². The van der Waals surface area contributed by atoms with E-state index < -0.39 is 6.17 Å². The Balaban J connectivity index is 1.53. The standard InChI is InChI=1S/C17H23ClFN3O/c18-15-2-1-14-16(20-15)22(8-7-21-6-3-13(19)11-21)12-17(14)4-9-23-10-5-17/h1-2,13H,3-12H2/t13-/m0/s1. The lowest BCUT2D eigenvalue weighted by atomic mass is 9.76. The van der Waals surface area contributed by atoms with Crippen LogP contribution < -0.4 is 4.90 Å². The van der Waals surface area contributed by atoms with Crippen LogP contribution in [0.2, 0.25) is 5.15 Å². The van der Waals surface area contributed by atoms with Crippen LogP contribution in [0.1, 0.15) is 24.8 Å². The van der Waals surface area contributed by atoms with E-state index in [0.717, 1.165) is 58.1 Å². The van der Waals surface area contributed by atoms with Gasteiger partial charge in [-0.1, -0.05) is 17.7 Å². The van der Waals surface area contributed by atoms with E-state index in [2.05, 4.69) is 20.9 Å². The van der Waals surface area contributed by atoms with Gasteiger partial charge in [0.25, 0.3) is 0 Å². The number of rotatable bonds is 3. The van der Waals surface area contributed by atoms with Crippen molar-refractivity contribution in [3.8, 4) is 0 Å². The number of fused-ring (bicyclic) bond motifs is 2. The fourth-order valence-electron chi connectivity index (χ4n) is 4.23. The van der Waals surface area contributed by atoms with Crippen LogP contribution in [0, 0.1) is 0 Å². The third-order valence-corrected chi connectivity index (χ3v) is 5.77. The van der Waals surface area contributed by atoms with Crippen LogP contribution >= 0.6 is 11.6 Å². The van der Waals surface area contributed by atoms with Gasteiger partial charge in [0, 0.05) is 56.9 Å². The van der Waals surface area contributed by atoms with Gasteiger partial charge in [-0.15, -0.1) is 0 Å². The predicted octanol–water partition coefficient (Wildman–Crippen LogP) is 2.65.